The largest absolute Gasteiger partial charge is 0.307 e. The first-order chi connectivity index (χ1) is 7.74. The smallest absolute Gasteiger partial charge is 0.145 e. The summed E-state index contributed by atoms with van der Waals surface area (Å²) in [5.41, 5.74) is 0. The molecule has 1 rings (SSSR count). The molecule has 0 aliphatic heterocycles. The van der Waals surface area contributed by atoms with Crippen LogP contribution in [-0.2, 0) is 0 Å². The van der Waals surface area contributed by atoms with Crippen molar-refractivity contribution in [2.24, 2.45) is 5.92 Å². The Balaban J connectivity index is 2.56. The Morgan fingerprint density at radius 1 is 1.19 bits per heavy atom. The molecule has 90 valence electrons. The van der Waals surface area contributed by atoms with Crippen molar-refractivity contribution in [3.05, 3.63) is 24.3 Å². The van der Waals surface area contributed by atoms with Crippen molar-refractivity contribution in [2.45, 2.75) is 46.1 Å². The second kappa shape index (κ2) is 7.34. The highest BCUT2D eigenvalue weighted by molar-refractivity contribution is 4.95. The first kappa shape index (κ1) is 13.1. The summed E-state index contributed by atoms with van der Waals surface area (Å²) in [6.45, 7) is 7.71. The van der Waals surface area contributed by atoms with E-state index in [9.17, 15) is 0 Å². The van der Waals surface area contributed by atoms with Crippen LogP contribution in [0.4, 0.5) is 0 Å². The van der Waals surface area contributed by atoms with Crippen LogP contribution >= 0.6 is 0 Å². The Morgan fingerprint density at radius 3 is 2.44 bits per heavy atom. The molecule has 0 aromatic carbocycles. The summed E-state index contributed by atoms with van der Waals surface area (Å²) in [6, 6.07) is 2.17. The predicted molar refractivity (Wildman–Crippen MR) is 67.1 cm³/mol. The zero-order valence-electron chi connectivity index (χ0n) is 10.6. The quantitative estimate of drug-likeness (QED) is 0.769. The van der Waals surface area contributed by atoms with Crippen LogP contribution in [0.1, 0.15) is 51.9 Å². The van der Waals surface area contributed by atoms with Crippen LogP contribution < -0.4 is 5.32 Å². The number of hydrogen-bond acceptors (Lipinski definition) is 3. The Morgan fingerprint density at radius 2 is 1.88 bits per heavy atom. The van der Waals surface area contributed by atoms with Crippen LogP contribution in [0, 0.1) is 5.92 Å². The van der Waals surface area contributed by atoms with E-state index < -0.39 is 0 Å². The van der Waals surface area contributed by atoms with Crippen LogP contribution in [-0.4, -0.2) is 16.5 Å². The fourth-order valence-corrected chi connectivity index (χ4v) is 1.63. The van der Waals surface area contributed by atoms with E-state index in [-0.39, 0.29) is 0 Å². The van der Waals surface area contributed by atoms with Gasteiger partial charge >= 0.3 is 0 Å². The summed E-state index contributed by atoms with van der Waals surface area (Å²) in [7, 11) is 0. The maximum atomic E-state index is 4.34. The third-order valence-corrected chi connectivity index (χ3v) is 2.57. The summed E-state index contributed by atoms with van der Waals surface area (Å²) in [4.78, 5) is 8.67. The lowest BCUT2D eigenvalue weighted by molar-refractivity contribution is 0.426. The minimum Gasteiger partial charge on any atom is -0.307 e. The Bertz CT molecular complexity index is 272. The molecule has 0 fully saturated rings. The second-order valence-corrected chi connectivity index (χ2v) is 4.58. The minimum atomic E-state index is 0.309. The first-order valence-electron chi connectivity index (χ1n) is 6.24. The SMILES string of the molecule is CCCNC(CCC(C)C)c1ncccn1. The van der Waals surface area contributed by atoms with Gasteiger partial charge in [-0.25, -0.2) is 9.97 Å². The number of aromatic nitrogens is 2. The topological polar surface area (TPSA) is 37.8 Å². The average molecular weight is 221 g/mol. The van der Waals surface area contributed by atoms with Crippen LogP contribution in [0.3, 0.4) is 0 Å². The van der Waals surface area contributed by atoms with E-state index in [0.717, 1.165) is 31.1 Å². The molecule has 0 bridgehead atoms. The van der Waals surface area contributed by atoms with Gasteiger partial charge in [-0.05, 0) is 37.8 Å². The Labute approximate surface area is 98.7 Å². The van der Waals surface area contributed by atoms with E-state index in [1.165, 1.54) is 6.42 Å². The zero-order chi connectivity index (χ0) is 11.8. The van der Waals surface area contributed by atoms with Gasteiger partial charge in [-0.1, -0.05) is 20.8 Å². The van der Waals surface area contributed by atoms with E-state index >= 15 is 0 Å². The molecule has 3 heteroatoms. The molecule has 3 nitrogen and oxygen atoms in total. The standard InChI is InChI=1S/C13H23N3/c1-4-8-14-12(7-6-11(2)3)13-15-9-5-10-16-13/h5,9-12,14H,4,6-8H2,1-3H3. The predicted octanol–water partition coefficient (Wildman–Crippen LogP) is 2.95. The molecule has 0 saturated carbocycles. The highest BCUT2D eigenvalue weighted by Crippen LogP contribution is 2.17. The van der Waals surface area contributed by atoms with Gasteiger partial charge in [0.1, 0.15) is 5.82 Å². The monoisotopic (exact) mass is 221 g/mol. The summed E-state index contributed by atoms with van der Waals surface area (Å²) in [5.74, 6) is 1.66. The van der Waals surface area contributed by atoms with Crippen molar-refractivity contribution >= 4 is 0 Å². The molecular formula is C13H23N3. The molecule has 0 amide bonds. The molecule has 0 aliphatic rings. The summed E-state index contributed by atoms with van der Waals surface area (Å²) in [6.07, 6.45) is 7.10. The number of hydrogen-bond donors (Lipinski definition) is 1. The number of nitrogens with zero attached hydrogens (tertiary/aromatic N) is 2. The summed E-state index contributed by atoms with van der Waals surface area (Å²) >= 11 is 0. The second-order valence-electron chi connectivity index (χ2n) is 4.58. The summed E-state index contributed by atoms with van der Waals surface area (Å²) in [5, 5.41) is 3.52. The molecule has 1 aromatic heterocycles. The molecule has 0 saturated heterocycles. The fourth-order valence-electron chi connectivity index (χ4n) is 1.63. The highest BCUT2D eigenvalue weighted by atomic mass is 15.0. The maximum Gasteiger partial charge on any atom is 0.145 e. The number of nitrogens with one attached hydrogen (secondary N) is 1. The van der Waals surface area contributed by atoms with Crippen molar-refractivity contribution < 1.29 is 0 Å². The van der Waals surface area contributed by atoms with Gasteiger partial charge in [0.05, 0.1) is 6.04 Å². The normalized spacial score (nSPS) is 13.0. The van der Waals surface area contributed by atoms with Crippen LogP contribution in [0.5, 0.6) is 0 Å². The minimum absolute atomic E-state index is 0.309. The molecule has 16 heavy (non-hydrogen) atoms. The van der Waals surface area contributed by atoms with Gasteiger partial charge in [-0.3, -0.25) is 0 Å². The number of rotatable bonds is 7. The molecular weight excluding hydrogens is 198 g/mol. The average Bonchev–Trinajstić information content (AvgIpc) is 2.30. The van der Waals surface area contributed by atoms with Crippen molar-refractivity contribution in [1.82, 2.24) is 15.3 Å². The third kappa shape index (κ3) is 4.71. The van der Waals surface area contributed by atoms with E-state index in [0.29, 0.717) is 6.04 Å². The summed E-state index contributed by atoms with van der Waals surface area (Å²) < 4.78 is 0. The van der Waals surface area contributed by atoms with Gasteiger partial charge in [-0.2, -0.15) is 0 Å². The third-order valence-electron chi connectivity index (χ3n) is 2.57. The molecule has 1 atom stereocenters. The molecule has 1 heterocycles. The maximum absolute atomic E-state index is 4.34. The molecule has 1 aromatic rings. The Hall–Kier alpha value is -0.960. The molecule has 0 spiro atoms. The van der Waals surface area contributed by atoms with Gasteiger partial charge in [0.25, 0.3) is 0 Å². The first-order valence-corrected chi connectivity index (χ1v) is 6.24. The zero-order valence-corrected chi connectivity index (χ0v) is 10.6. The fraction of sp³-hybridized carbons (Fsp3) is 0.692. The van der Waals surface area contributed by atoms with Crippen molar-refractivity contribution in [2.75, 3.05) is 6.54 Å². The molecule has 1 N–H and O–H groups in total. The van der Waals surface area contributed by atoms with Gasteiger partial charge < -0.3 is 5.32 Å². The molecule has 1 unspecified atom stereocenters. The van der Waals surface area contributed by atoms with Gasteiger partial charge in [0.15, 0.2) is 0 Å². The highest BCUT2D eigenvalue weighted by Gasteiger charge is 2.13. The lowest BCUT2D eigenvalue weighted by Crippen LogP contribution is -2.24. The lowest BCUT2D eigenvalue weighted by atomic mass is 10.0. The van der Waals surface area contributed by atoms with E-state index in [4.69, 9.17) is 0 Å². The van der Waals surface area contributed by atoms with Crippen molar-refractivity contribution in [1.29, 1.82) is 0 Å². The van der Waals surface area contributed by atoms with Gasteiger partial charge in [-0.15, -0.1) is 0 Å². The van der Waals surface area contributed by atoms with E-state index in [2.05, 4.69) is 36.1 Å². The van der Waals surface area contributed by atoms with Crippen LogP contribution in [0.25, 0.3) is 0 Å². The van der Waals surface area contributed by atoms with Gasteiger partial charge in [0.2, 0.25) is 0 Å². The van der Waals surface area contributed by atoms with Crippen LogP contribution in [0.15, 0.2) is 18.5 Å². The lowest BCUT2D eigenvalue weighted by Gasteiger charge is -2.17. The molecule has 0 aliphatic carbocycles. The van der Waals surface area contributed by atoms with E-state index in [1.54, 1.807) is 0 Å². The van der Waals surface area contributed by atoms with E-state index in [1.807, 2.05) is 18.5 Å². The Kier molecular flexibility index (Phi) is 6.01. The van der Waals surface area contributed by atoms with Crippen molar-refractivity contribution in [3.63, 3.8) is 0 Å². The molecule has 0 radical (unpaired) electrons. The van der Waals surface area contributed by atoms with Crippen molar-refractivity contribution in [3.8, 4) is 0 Å². The van der Waals surface area contributed by atoms with Gasteiger partial charge in [0, 0.05) is 12.4 Å². The van der Waals surface area contributed by atoms with Crippen LogP contribution in [0.2, 0.25) is 0 Å².